The van der Waals surface area contributed by atoms with E-state index >= 15 is 0 Å². The molecule has 0 aromatic heterocycles. The molecule has 0 saturated carbocycles. The van der Waals surface area contributed by atoms with Gasteiger partial charge in [-0.05, 0) is 19.3 Å². The zero-order valence-electron chi connectivity index (χ0n) is 9.09. The predicted octanol–water partition coefficient (Wildman–Crippen LogP) is 0.0267. The van der Waals surface area contributed by atoms with Gasteiger partial charge in [-0.2, -0.15) is 0 Å². The van der Waals surface area contributed by atoms with Crippen molar-refractivity contribution in [2.24, 2.45) is 0 Å². The Bertz CT molecular complexity index is 234. The van der Waals surface area contributed by atoms with E-state index in [-0.39, 0.29) is 19.2 Å². The summed E-state index contributed by atoms with van der Waals surface area (Å²) < 4.78 is 5.44. The maximum atomic E-state index is 10.6. The molecule has 1 rings (SSSR count). The highest BCUT2D eigenvalue weighted by molar-refractivity contribution is 5.72. The molecule has 1 aliphatic rings. The SMILES string of the molecule is O=C(O)CN(CC(=O)O)CC1CCCCO1. The van der Waals surface area contributed by atoms with Gasteiger partial charge in [0.15, 0.2) is 0 Å². The van der Waals surface area contributed by atoms with Crippen molar-refractivity contribution in [3.05, 3.63) is 0 Å². The summed E-state index contributed by atoms with van der Waals surface area (Å²) in [5.74, 6) is -2.03. The molecule has 16 heavy (non-hydrogen) atoms. The first-order valence-electron chi connectivity index (χ1n) is 5.35. The van der Waals surface area contributed by atoms with Gasteiger partial charge < -0.3 is 14.9 Å². The number of hydrogen-bond acceptors (Lipinski definition) is 4. The lowest BCUT2D eigenvalue weighted by molar-refractivity contribution is -0.142. The molecule has 1 unspecified atom stereocenters. The summed E-state index contributed by atoms with van der Waals surface area (Å²) in [6.45, 7) is 0.537. The minimum absolute atomic E-state index is 0.0348. The lowest BCUT2D eigenvalue weighted by Crippen LogP contribution is -2.41. The summed E-state index contributed by atoms with van der Waals surface area (Å²) >= 11 is 0. The zero-order valence-corrected chi connectivity index (χ0v) is 9.09. The number of carbonyl (C=O) groups is 2. The van der Waals surface area contributed by atoms with E-state index in [1.807, 2.05) is 0 Å². The number of carboxylic acid groups (broad SMARTS) is 2. The van der Waals surface area contributed by atoms with Crippen LogP contribution in [-0.4, -0.2) is 59.4 Å². The van der Waals surface area contributed by atoms with Gasteiger partial charge in [0.25, 0.3) is 0 Å². The molecule has 6 nitrogen and oxygen atoms in total. The fraction of sp³-hybridized carbons (Fsp3) is 0.800. The summed E-state index contributed by atoms with van der Waals surface area (Å²) in [5, 5.41) is 17.3. The third-order valence-electron chi connectivity index (χ3n) is 2.45. The molecule has 1 saturated heterocycles. The van der Waals surface area contributed by atoms with Gasteiger partial charge in [-0.3, -0.25) is 14.5 Å². The van der Waals surface area contributed by atoms with E-state index in [1.54, 1.807) is 0 Å². The largest absolute Gasteiger partial charge is 0.480 e. The van der Waals surface area contributed by atoms with Crippen molar-refractivity contribution in [2.45, 2.75) is 25.4 Å². The normalized spacial score (nSPS) is 20.9. The summed E-state index contributed by atoms with van der Waals surface area (Å²) in [6.07, 6.45) is 2.91. The van der Waals surface area contributed by atoms with Gasteiger partial charge in [-0.25, -0.2) is 0 Å². The number of ether oxygens (including phenoxy) is 1. The number of carboxylic acids is 2. The Labute approximate surface area is 93.8 Å². The fourth-order valence-corrected chi connectivity index (χ4v) is 1.81. The smallest absolute Gasteiger partial charge is 0.317 e. The number of aliphatic carboxylic acids is 2. The summed E-state index contributed by atoms with van der Waals surface area (Å²) in [7, 11) is 0. The summed E-state index contributed by atoms with van der Waals surface area (Å²) in [6, 6.07) is 0. The maximum Gasteiger partial charge on any atom is 0.317 e. The second-order valence-electron chi connectivity index (χ2n) is 3.95. The molecule has 0 bridgehead atoms. The maximum absolute atomic E-state index is 10.6. The highest BCUT2D eigenvalue weighted by Gasteiger charge is 2.20. The summed E-state index contributed by atoms with van der Waals surface area (Å²) in [5.41, 5.74) is 0. The van der Waals surface area contributed by atoms with Crippen molar-refractivity contribution in [1.82, 2.24) is 4.90 Å². The standard InChI is InChI=1S/C10H17NO5/c12-9(13)6-11(7-10(14)15)5-8-3-1-2-4-16-8/h8H,1-7H2,(H,12,13)(H,14,15). The number of nitrogens with zero attached hydrogens (tertiary/aromatic N) is 1. The minimum atomic E-state index is -1.02. The molecule has 1 heterocycles. The van der Waals surface area contributed by atoms with Crippen LogP contribution in [0.5, 0.6) is 0 Å². The molecule has 2 N–H and O–H groups in total. The number of rotatable bonds is 6. The van der Waals surface area contributed by atoms with E-state index in [4.69, 9.17) is 14.9 Å². The first-order valence-corrected chi connectivity index (χ1v) is 5.35. The van der Waals surface area contributed by atoms with Crippen LogP contribution in [0.3, 0.4) is 0 Å². The van der Waals surface area contributed by atoms with Gasteiger partial charge in [-0.15, -0.1) is 0 Å². The quantitative estimate of drug-likeness (QED) is 0.670. The molecule has 1 fully saturated rings. The van der Waals surface area contributed by atoms with Crippen LogP contribution in [0.4, 0.5) is 0 Å². The van der Waals surface area contributed by atoms with Crippen molar-refractivity contribution < 1.29 is 24.5 Å². The predicted molar refractivity (Wildman–Crippen MR) is 55.3 cm³/mol. The molecule has 6 heteroatoms. The molecular formula is C10H17NO5. The van der Waals surface area contributed by atoms with Crippen molar-refractivity contribution in [3.63, 3.8) is 0 Å². The summed E-state index contributed by atoms with van der Waals surface area (Å²) in [4.78, 5) is 22.5. The Morgan fingerprint density at radius 3 is 2.25 bits per heavy atom. The monoisotopic (exact) mass is 231 g/mol. The molecule has 0 amide bonds. The van der Waals surface area contributed by atoms with Crippen LogP contribution in [0.25, 0.3) is 0 Å². The van der Waals surface area contributed by atoms with Crippen LogP contribution in [-0.2, 0) is 14.3 Å². The van der Waals surface area contributed by atoms with Crippen LogP contribution in [0.1, 0.15) is 19.3 Å². The van der Waals surface area contributed by atoms with E-state index in [2.05, 4.69) is 0 Å². The molecule has 0 aromatic carbocycles. The van der Waals surface area contributed by atoms with Crippen molar-refractivity contribution in [1.29, 1.82) is 0 Å². The van der Waals surface area contributed by atoms with Gasteiger partial charge >= 0.3 is 11.9 Å². The fourth-order valence-electron chi connectivity index (χ4n) is 1.81. The minimum Gasteiger partial charge on any atom is -0.480 e. The molecule has 92 valence electrons. The first kappa shape index (κ1) is 12.9. The van der Waals surface area contributed by atoms with Crippen molar-refractivity contribution >= 4 is 11.9 Å². The molecule has 0 aromatic rings. The van der Waals surface area contributed by atoms with Gasteiger partial charge in [0.2, 0.25) is 0 Å². The molecule has 1 aliphatic heterocycles. The van der Waals surface area contributed by atoms with E-state index < -0.39 is 11.9 Å². The van der Waals surface area contributed by atoms with Gasteiger partial charge in [0, 0.05) is 13.2 Å². The molecule has 0 aliphatic carbocycles. The van der Waals surface area contributed by atoms with E-state index in [0.29, 0.717) is 13.2 Å². The van der Waals surface area contributed by atoms with E-state index in [1.165, 1.54) is 4.90 Å². The van der Waals surface area contributed by atoms with E-state index in [0.717, 1.165) is 19.3 Å². The third-order valence-corrected chi connectivity index (χ3v) is 2.45. The lowest BCUT2D eigenvalue weighted by Gasteiger charge is -2.27. The second kappa shape index (κ2) is 6.44. The molecule has 0 radical (unpaired) electrons. The average Bonchev–Trinajstić information content (AvgIpc) is 2.16. The van der Waals surface area contributed by atoms with Gasteiger partial charge in [-0.1, -0.05) is 0 Å². The third kappa shape index (κ3) is 5.09. The zero-order chi connectivity index (χ0) is 12.0. The molecule has 0 spiro atoms. The van der Waals surface area contributed by atoms with Crippen LogP contribution < -0.4 is 0 Å². The van der Waals surface area contributed by atoms with Crippen LogP contribution in [0.2, 0.25) is 0 Å². The second-order valence-corrected chi connectivity index (χ2v) is 3.95. The first-order chi connectivity index (χ1) is 7.58. The number of hydrogen-bond donors (Lipinski definition) is 2. The molecule has 1 atom stereocenters. The van der Waals surface area contributed by atoms with Crippen LogP contribution in [0.15, 0.2) is 0 Å². The van der Waals surface area contributed by atoms with Crippen LogP contribution >= 0.6 is 0 Å². The van der Waals surface area contributed by atoms with Gasteiger partial charge in [0.05, 0.1) is 19.2 Å². The Morgan fingerprint density at radius 1 is 1.19 bits per heavy atom. The van der Waals surface area contributed by atoms with Crippen LogP contribution in [0, 0.1) is 0 Å². The Morgan fingerprint density at radius 2 is 1.81 bits per heavy atom. The topological polar surface area (TPSA) is 87.1 Å². The highest BCUT2D eigenvalue weighted by atomic mass is 16.5. The Balaban J connectivity index is 2.40. The Kier molecular flexibility index (Phi) is 5.21. The highest BCUT2D eigenvalue weighted by Crippen LogP contribution is 2.13. The lowest BCUT2D eigenvalue weighted by atomic mass is 10.1. The average molecular weight is 231 g/mol. The van der Waals surface area contributed by atoms with Crippen molar-refractivity contribution in [2.75, 3.05) is 26.2 Å². The van der Waals surface area contributed by atoms with Gasteiger partial charge in [0.1, 0.15) is 0 Å². The Hall–Kier alpha value is -1.14. The van der Waals surface area contributed by atoms with E-state index in [9.17, 15) is 9.59 Å². The molecular weight excluding hydrogens is 214 g/mol. The van der Waals surface area contributed by atoms with Crippen molar-refractivity contribution in [3.8, 4) is 0 Å².